The first kappa shape index (κ1) is 25.2. The van der Waals surface area contributed by atoms with Crippen LogP contribution in [0.1, 0.15) is 56.0 Å². The Morgan fingerprint density at radius 1 is 1.11 bits per heavy atom. The Hall–Kier alpha value is -2.42. The average Bonchev–Trinajstić information content (AvgIpc) is 3.37. The van der Waals surface area contributed by atoms with E-state index in [4.69, 9.17) is 9.47 Å². The molecule has 194 valence electrons. The molecule has 7 nitrogen and oxygen atoms in total. The number of sulfonamides is 1. The number of carbonyl (C=O) groups excluding carboxylic acids is 1. The van der Waals surface area contributed by atoms with Gasteiger partial charge in [0.2, 0.25) is 10.0 Å². The summed E-state index contributed by atoms with van der Waals surface area (Å²) in [7, 11) is -3.88. The van der Waals surface area contributed by atoms with Gasteiger partial charge in [-0.1, -0.05) is 51.1 Å². The molecule has 1 aliphatic heterocycles. The summed E-state index contributed by atoms with van der Waals surface area (Å²) in [4.78, 5) is 13.5. The maximum Gasteiger partial charge on any atom is 0.251 e. The molecule has 3 fully saturated rings. The van der Waals surface area contributed by atoms with E-state index in [0.717, 1.165) is 18.4 Å². The van der Waals surface area contributed by atoms with Crippen molar-refractivity contribution in [1.29, 1.82) is 0 Å². The van der Waals surface area contributed by atoms with Gasteiger partial charge in [-0.25, -0.2) is 8.42 Å². The van der Waals surface area contributed by atoms with E-state index in [1.54, 1.807) is 12.1 Å². The number of fused-ring (bicyclic) bond motifs is 2. The van der Waals surface area contributed by atoms with Gasteiger partial charge in [-0.05, 0) is 59.8 Å². The largest absolute Gasteiger partial charge is 0.487 e. The Morgan fingerprint density at radius 3 is 2.50 bits per heavy atom. The summed E-state index contributed by atoms with van der Waals surface area (Å²) in [5.41, 5.74) is 1.34. The first-order valence-electron chi connectivity index (χ1n) is 12.8. The summed E-state index contributed by atoms with van der Waals surface area (Å²) in [6.45, 7) is 8.20. The van der Waals surface area contributed by atoms with Gasteiger partial charge in [-0.15, -0.1) is 0 Å². The van der Waals surface area contributed by atoms with E-state index < -0.39 is 10.0 Å². The average molecular weight is 513 g/mol. The zero-order valence-corrected chi connectivity index (χ0v) is 22.1. The minimum Gasteiger partial charge on any atom is -0.487 e. The fourth-order valence-electron chi connectivity index (χ4n) is 6.51. The third-order valence-electron chi connectivity index (χ3n) is 8.58. The van der Waals surface area contributed by atoms with Crippen molar-refractivity contribution in [3.63, 3.8) is 0 Å². The Bertz CT molecular complexity index is 1220. The number of hydrogen-bond donors (Lipinski definition) is 1. The Labute approximate surface area is 214 Å². The van der Waals surface area contributed by atoms with E-state index >= 15 is 0 Å². The van der Waals surface area contributed by atoms with Crippen molar-refractivity contribution in [3.05, 3.63) is 59.7 Å². The van der Waals surface area contributed by atoms with Gasteiger partial charge < -0.3 is 14.8 Å². The topological polar surface area (TPSA) is 84.9 Å². The highest BCUT2D eigenvalue weighted by molar-refractivity contribution is 7.89. The smallest absolute Gasteiger partial charge is 0.251 e. The number of benzene rings is 2. The molecule has 0 aromatic heterocycles. The van der Waals surface area contributed by atoms with Crippen molar-refractivity contribution in [2.24, 2.45) is 16.7 Å². The molecule has 8 heteroatoms. The second kappa shape index (κ2) is 9.47. The molecule has 1 unspecified atom stereocenters. The quantitative estimate of drug-likeness (QED) is 0.600. The van der Waals surface area contributed by atoms with E-state index in [2.05, 4.69) is 26.1 Å². The molecular weight excluding hydrogens is 476 g/mol. The first-order valence-corrected chi connectivity index (χ1v) is 14.2. The lowest BCUT2D eigenvalue weighted by molar-refractivity contribution is 0.0727. The second-order valence-electron chi connectivity index (χ2n) is 11.3. The van der Waals surface area contributed by atoms with E-state index in [1.165, 1.54) is 16.8 Å². The van der Waals surface area contributed by atoms with Crippen LogP contribution in [0.25, 0.3) is 0 Å². The van der Waals surface area contributed by atoms with Gasteiger partial charge in [0.05, 0.1) is 13.2 Å². The molecule has 1 saturated heterocycles. The normalized spacial score (nSPS) is 27.6. The number of carbonyl (C=O) groups is 1. The number of hydrogen-bond acceptors (Lipinski definition) is 5. The number of rotatable bonds is 7. The summed E-state index contributed by atoms with van der Waals surface area (Å²) in [6, 6.07) is 14.4. The van der Waals surface area contributed by atoms with Gasteiger partial charge in [0.25, 0.3) is 5.91 Å². The molecule has 1 heterocycles. The molecule has 2 bridgehead atoms. The summed E-state index contributed by atoms with van der Waals surface area (Å²) in [6.07, 6.45) is 3.42. The molecule has 5 rings (SSSR count). The summed E-state index contributed by atoms with van der Waals surface area (Å²) in [5.74, 6) is 0.600. The molecular formula is C28H36N2O5S. The van der Waals surface area contributed by atoms with Gasteiger partial charge in [-0.3, -0.25) is 4.79 Å². The molecule has 2 aromatic carbocycles. The van der Waals surface area contributed by atoms with Crippen molar-refractivity contribution in [2.75, 3.05) is 26.3 Å². The predicted molar refractivity (Wildman–Crippen MR) is 137 cm³/mol. The van der Waals surface area contributed by atoms with Gasteiger partial charge in [0, 0.05) is 24.7 Å². The molecule has 0 spiro atoms. The number of ether oxygens (including phenoxy) is 2. The zero-order valence-electron chi connectivity index (χ0n) is 21.3. The second-order valence-corrected chi connectivity index (χ2v) is 13.2. The lowest BCUT2D eigenvalue weighted by Gasteiger charge is -2.43. The number of nitrogens with one attached hydrogen (secondary N) is 1. The fourth-order valence-corrected chi connectivity index (χ4v) is 8.07. The van der Waals surface area contributed by atoms with Gasteiger partial charge in [0.15, 0.2) is 0 Å². The Kier molecular flexibility index (Phi) is 6.64. The molecule has 1 amide bonds. The number of morpholine rings is 1. The summed E-state index contributed by atoms with van der Waals surface area (Å²) < 4.78 is 40.1. The van der Waals surface area contributed by atoms with Crippen LogP contribution in [0, 0.1) is 16.7 Å². The lowest BCUT2D eigenvalue weighted by atomic mass is 9.68. The van der Waals surface area contributed by atoms with Gasteiger partial charge in [0.1, 0.15) is 17.3 Å². The molecule has 2 aliphatic carbocycles. The van der Waals surface area contributed by atoms with E-state index in [9.17, 15) is 13.2 Å². The molecule has 2 aromatic rings. The lowest BCUT2D eigenvalue weighted by Crippen LogP contribution is -2.52. The molecule has 36 heavy (non-hydrogen) atoms. The molecule has 2 saturated carbocycles. The van der Waals surface area contributed by atoms with Crippen LogP contribution in [-0.4, -0.2) is 51.0 Å². The first-order chi connectivity index (χ1) is 17.1. The highest BCUT2D eigenvalue weighted by Gasteiger charge is 2.59. The van der Waals surface area contributed by atoms with Crippen LogP contribution in [0.15, 0.2) is 53.4 Å². The van der Waals surface area contributed by atoms with Crippen LogP contribution < -0.4 is 10.1 Å². The van der Waals surface area contributed by atoms with Crippen LogP contribution in [0.2, 0.25) is 0 Å². The van der Waals surface area contributed by atoms with Gasteiger partial charge in [-0.2, -0.15) is 4.31 Å². The van der Waals surface area contributed by atoms with Crippen molar-refractivity contribution < 1.29 is 22.7 Å². The predicted octanol–water partition coefficient (Wildman–Crippen LogP) is 4.23. The fraction of sp³-hybridized carbons (Fsp3) is 0.536. The van der Waals surface area contributed by atoms with Crippen LogP contribution in [-0.2, 0) is 21.4 Å². The number of amides is 1. The Balaban J connectivity index is 1.44. The summed E-state index contributed by atoms with van der Waals surface area (Å²) >= 11 is 0. The Morgan fingerprint density at radius 2 is 1.83 bits per heavy atom. The van der Waals surface area contributed by atoms with E-state index in [0.29, 0.717) is 24.7 Å². The van der Waals surface area contributed by atoms with Crippen molar-refractivity contribution in [3.8, 4) is 5.75 Å². The zero-order chi connectivity index (χ0) is 25.6. The van der Waals surface area contributed by atoms with Crippen LogP contribution in [0.3, 0.4) is 0 Å². The van der Waals surface area contributed by atoms with Crippen LogP contribution in [0.5, 0.6) is 5.75 Å². The van der Waals surface area contributed by atoms with Crippen molar-refractivity contribution in [1.82, 2.24) is 9.62 Å². The SMILES string of the molecule is CC1(C)C(NC(=O)c2ccc(OCc3ccccc3)c(S(=O)(=O)N3CCOCC3)c2)[C@@]2(C)CC[C@H]1C2. The van der Waals surface area contributed by atoms with Crippen LogP contribution >= 0.6 is 0 Å². The highest BCUT2D eigenvalue weighted by Crippen LogP contribution is 2.62. The van der Waals surface area contributed by atoms with E-state index in [1.807, 2.05) is 30.3 Å². The van der Waals surface area contributed by atoms with Crippen molar-refractivity contribution in [2.45, 2.75) is 57.6 Å². The molecule has 0 radical (unpaired) electrons. The third kappa shape index (κ3) is 4.55. The standard InChI is InChI=1S/C28H36N2O5S/c1-27(2)22-11-12-28(3,18-22)26(27)29-25(31)21-9-10-23(35-19-20-7-5-4-6-8-20)24(17-21)36(32,33)30-13-15-34-16-14-30/h4-10,17,22,26H,11-16,18-19H2,1-3H3,(H,29,31)/t22-,26?,28-/m0/s1. The van der Waals surface area contributed by atoms with Crippen molar-refractivity contribution >= 4 is 15.9 Å². The maximum atomic E-state index is 13.7. The number of nitrogens with zero attached hydrogens (tertiary/aromatic N) is 1. The van der Waals surface area contributed by atoms with Gasteiger partial charge >= 0.3 is 0 Å². The molecule has 3 atom stereocenters. The minimum absolute atomic E-state index is 0.00407. The summed E-state index contributed by atoms with van der Waals surface area (Å²) in [5, 5.41) is 3.28. The third-order valence-corrected chi connectivity index (χ3v) is 10.5. The highest BCUT2D eigenvalue weighted by atomic mass is 32.2. The maximum absolute atomic E-state index is 13.7. The molecule has 3 aliphatic rings. The van der Waals surface area contributed by atoms with E-state index in [-0.39, 0.29) is 53.1 Å². The monoisotopic (exact) mass is 512 g/mol. The molecule has 1 N–H and O–H groups in total. The van der Waals surface area contributed by atoms with Crippen LogP contribution in [0.4, 0.5) is 0 Å². The minimum atomic E-state index is -3.88.